The van der Waals surface area contributed by atoms with E-state index in [1.807, 2.05) is 42.5 Å². The molecule has 1 N–H and O–H groups in total. The number of nitrogens with zero attached hydrogens (tertiary/aromatic N) is 3. The number of nitrogens with one attached hydrogen (secondary N) is 1. The van der Waals surface area contributed by atoms with Crippen LogP contribution in [0.15, 0.2) is 46.9 Å². The maximum absolute atomic E-state index is 5.63. The Morgan fingerprint density at radius 1 is 0.938 bits per heavy atom. The third kappa shape index (κ3) is 1.48. The summed E-state index contributed by atoms with van der Waals surface area (Å²) in [6, 6.07) is 13.6. The van der Waals surface area contributed by atoms with Crippen LogP contribution in [0.4, 0.5) is 0 Å². The molecule has 1 aromatic carbocycles. The number of hydrogen-bond acceptors (Lipinski definition) is 4. The molecule has 0 bridgehead atoms. The fraction of sp³-hybridized carbons (Fsp3) is 0. The number of furan rings is 1. The molecule has 78 valence electrons. The predicted molar refractivity (Wildman–Crippen MR) is 57.3 cm³/mol. The van der Waals surface area contributed by atoms with Gasteiger partial charge in [-0.15, -0.1) is 10.2 Å². The fourth-order valence-electron chi connectivity index (χ4n) is 1.48. The van der Waals surface area contributed by atoms with Gasteiger partial charge in [0, 0.05) is 5.56 Å². The molecule has 16 heavy (non-hydrogen) atoms. The van der Waals surface area contributed by atoms with Gasteiger partial charge in [-0.25, -0.2) is 0 Å². The number of tetrazole rings is 1. The van der Waals surface area contributed by atoms with Crippen molar-refractivity contribution in [1.82, 2.24) is 20.6 Å². The molecule has 5 nitrogen and oxygen atoms in total. The fourth-order valence-corrected chi connectivity index (χ4v) is 1.48. The van der Waals surface area contributed by atoms with Crippen LogP contribution in [-0.2, 0) is 0 Å². The largest absolute Gasteiger partial charge is 0.453 e. The van der Waals surface area contributed by atoms with Gasteiger partial charge in [0.05, 0.1) is 0 Å². The summed E-state index contributed by atoms with van der Waals surface area (Å²) in [5.74, 6) is 1.86. The van der Waals surface area contributed by atoms with E-state index < -0.39 is 0 Å². The Morgan fingerprint density at radius 2 is 1.75 bits per heavy atom. The van der Waals surface area contributed by atoms with Crippen LogP contribution in [-0.4, -0.2) is 20.6 Å². The van der Waals surface area contributed by atoms with Crippen LogP contribution in [0.2, 0.25) is 0 Å². The molecule has 0 saturated carbocycles. The second-order valence-corrected chi connectivity index (χ2v) is 3.27. The normalized spacial score (nSPS) is 10.5. The monoisotopic (exact) mass is 212 g/mol. The first-order valence-electron chi connectivity index (χ1n) is 4.82. The lowest BCUT2D eigenvalue weighted by molar-refractivity contribution is 0.592. The van der Waals surface area contributed by atoms with E-state index in [4.69, 9.17) is 4.42 Å². The third-order valence-corrected chi connectivity index (χ3v) is 2.23. The summed E-state index contributed by atoms with van der Waals surface area (Å²) >= 11 is 0. The second-order valence-electron chi connectivity index (χ2n) is 3.27. The van der Waals surface area contributed by atoms with Crippen LogP contribution >= 0.6 is 0 Å². The van der Waals surface area contributed by atoms with Gasteiger partial charge < -0.3 is 4.42 Å². The van der Waals surface area contributed by atoms with Gasteiger partial charge in [-0.2, -0.15) is 5.21 Å². The van der Waals surface area contributed by atoms with Crippen LogP contribution in [0.5, 0.6) is 0 Å². The molecule has 0 aliphatic rings. The van der Waals surface area contributed by atoms with Gasteiger partial charge in [0.1, 0.15) is 5.76 Å². The summed E-state index contributed by atoms with van der Waals surface area (Å²) in [6.45, 7) is 0. The smallest absolute Gasteiger partial charge is 0.239 e. The molecule has 0 spiro atoms. The molecular formula is C11H8N4O. The highest BCUT2D eigenvalue weighted by Crippen LogP contribution is 2.25. The predicted octanol–water partition coefficient (Wildman–Crippen LogP) is 2.13. The van der Waals surface area contributed by atoms with Crippen molar-refractivity contribution in [3.8, 4) is 22.9 Å². The van der Waals surface area contributed by atoms with Crippen molar-refractivity contribution < 1.29 is 4.42 Å². The minimum absolute atomic E-state index is 0.460. The van der Waals surface area contributed by atoms with Crippen molar-refractivity contribution in [1.29, 1.82) is 0 Å². The van der Waals surface area contributed by atoms with Crippen molar-refractivity contribution in [3.05, 3.63) is 42.5 Å². The molecule has 2 heterocycles. The molecule has 0 aliphatic heterocycles. The molecule has 0 atom stereocenters. The number of benzene rings is 1. The lowest BCUT2D eigenvalue weighted by Crippen LogP contribution is -1.76. The zero-order valence-electron chi connectivity index (χ0n) is 8.29. The highest BCUT2D eigenvalue weighted by Gasteiger charge is 2.09. The summed E-state index contributed by atoms with van der Waals surface area (Å²) in [6.07, 6.45) is 0. The average molecular weight is 212 g/mol. The summed E-state index contributed by atoms with van der Waals surface area (Å²) < 4.78 is 5.63. The minimum atomic E-state index is 0.460. The van der Waals surface area contributed by atoms with Crippen LogP contribution in [0.3, 0.4) is 0 Å². The van der Waals surface area contributed by atoms with Crippen LogP contribution in [0.25, 0.3) is 22.9 Å². The Hall–Kier alpha value is -2.43. The Kier molecular flexibility index (Phi) is 2.00. The van der Waals surface area contributed by atoms with Gasteiger partial charge in [-0.05, 0) is 17.3 Å². The van der Waals surface area contributed by atoms with Gasteiger partial charge in [0.2, 0.25) is 5.82 Å². The molecule has 3 aromatic rings. The molecule has 0 aliphatic carbocycles. The second kappa shape index (κ2) is 3.62. The van der Waals surface area contributed by atoms with E-state index in [-0.39, 0.29) is 0 Å². The van der Waals surface area contributed by atoms with E-state index in [0.717, 1.165) is 11.3 Å². The molecule has 3 rings (SSSR count). The standard InChI is InChI=1S/C11H8N4O/c1-2-4-8(5-3-1)9-6-7-10(16-9)11-12-14-15-13-11/h1-7H,(H,12,13,14,15). The number of aromatic nitrogens is 4. The van der Waals surface area contributed by atoms with E-state index in [2.05, 4.69) is 20.6 Å². The van der Waals surface area contributed by atoms with Crippen molar-refractivity contribution in [2.45, 2.75) is 0 Å². The highest BCUT2D eigenvalue weighted by molar-refractivity contribution is 5.61. The zero-order valence-corrected chi connectivity index (χ0v) is 8.29. The van der Waals surface area contributed by atoms with Gasteiger partial charge in [-0.1, -0.05) is 30.3 Å². The summed E-state index contributed by atoms with van der Waals surface area (Å²) in [5, 5.41) is 13.6. The Labute approximate surface area is 91.1 Å². The molecule has 5 heteroatoms. The zero-order chi connectivity index (χ0) is 10.8. The molecule has 0 saturated heterocycles. The van der Waals surface area contributed by atoms with Crippen molar-refractivity contribution in [3.63, 3.8) is 0 Å². The van der Waals surface area contributed by atoms with Crippen LogP contribution in [0, 0.1) is 0 Å². The number of rotatable bonds is 2. The first-order chi connectivity index (χ1) is 7.93. The van der Waals surface area contributed by atoms with Crippen molar-refractivity contribution >= 4 is 0 Å². The molecular weight excluding hydrogens is 204 g/mol. The maximum Gasteiger partial charge on any atom is 0.239 e. The quantitative estimate of drug-likeness (QED) is 0.706. The highest BCUT2D eigenvalue weighted by atomic mass is 16.3. The number of H-pyrrole nitrogens is 1. The Morgan fingerprint density at radius 3 is 2.50 bits per heavy atom. The SMILES string of the molecule is c1ccc(-c2ccc(-c3nn[nH]n3)o2)cc1. The lowest BCUT2D eigenvalue weighted by Gasteiger charge is -1.94. The number of hydrogen-bond donors (Lipinski definition) is 1. The van der Waals surface area contributed by atoms with Crippen molar-refractivity contribution in [2.24, 2.45) is 0 Å². The Balaban J connectivity index is 2.00. The molecule has 0 unspecified atom stereocenters. The average Bonchev–Trinajstić information content (AvgIpc) is 3.01. The van der Waals surface area contributed by atoms with E-state index in [1.165, 1.54) is 0 Å². The first kappa shape index (κ1) is 8.84. The van der Waals surface area contributed by atoms with E-state index >= 15 is 0 Å². The summed E-state index contributed by atoms with van der Waals surface area (Å²) in [5.41, 5.74) is 1.03. The molecule has 2 aromatic heterocycles. The van der Waals surface area contributed by atoms with E-state index in [0.29, 0.717) is 11.6 Å². The number of aromatic amines is 1. The van der Waals surface area contributed by atoms with E-state index in [1.54, 1.807) is 0 Å². The lowest BCUT2D eigenvalue weighted by atomic mass is 10.2. The van der Waals surface area contributed by atoms with Gasteiger partial charge >= 0.3 is 0 Å². The summed E-state index contributed by atoms with van der Waals surface area (Å²) in [4.78, 5) is 0. The molecule has 0 radical (unpaired) electrons. The first-order valence-corrected chi connectivity index (χ1v) is 4.82. The maximum atomic E-state index is 5.63. The molecule has 0 amide bonds. The Bertz CT molecular complexity index is 571. The summed E-state index contributed by atoms with van der Waals surface area (Å²) in [7, 11) is 0. The minimum Gasteiger partial charge on any atom is -0.453 e. The van der Waals surface area contributed by atoms with Crippen LogP contribution in [0.1, 0.15) is 0 Å². The van der Waals surface area contributed by atoms with Gasteiger partial charge in [-0.3, -0.25) is 0 Å². The van der Waals surface area contributed by atoms with E-state index in [9.17, 15) is 0 Å². The third-order valence-electron chi connectivity index (χ3n) is 2.23. The van der Waals surface area contributed by atoms with Crippen molar-refractivity contribution in [2.75, 3.05) is 0 Å². The van der Waals surface area contributed by atoms with Gasteiger partial charge in [0.15, 0.2) is 5.76 Å². The topological polar surface area (TPSA) is 67.6 Å². The molecule has 0 fully saturated rings. The van der Waals surface area contributed by atoms with Crippen LogP contribution < -0.4 is 0 Å². The van der Waals surface area contributed by atoms with Gasteiger partial charge in [0.25, 0.3) is 0 Å².